The van der Waals surface area contributed by atoms with Crippen LogP contribution in [0.2, 0.25) is 0 Å². The molecule has 174 valence electrons. The van der Waals surface area contributed by atoms with Crippen LogP contribution in [-0.2, 0) is 11.2 Å². The van der Waals surface area contributed by atoms with Crippen LogP contribution < -0.4 is 5.32 Å². The molecule has 1 aliphatic heterocycles. The highest BCUT2D eigenvalue weighted by molar-refractivity contribution is 5.86. The Morgan fingerprint density at radius 1 is 1.24 bits per heavy atom. The van der Waals surface area contributed by atoms with Gasteiger partial charge in [-0.3, -0.25) is 4.79 Å². The van der Waals surface area contributed by atoms with Crippen LogP contribution >= 0.6 is 0 Å². The standard InChI is InChI=1S/C26H30FN3O3/c1-14-6-8-16(13-20(14)27)24(31)25-29-23-19-9-7-15(2)28-21(19)10-11-22(23)30(25)18-5-3-4-17(12-18)26(32)33/h6,8,10-11,13,15,17-18,24,28,31H,3-5,7,9,12H2,1-2H3,(H,32,33)/t15-,17?,18?,24?/m0/s1. The molecule has 3 unspecified atom stereocenters. The van der Waals surface area contributed by atoms with E-state index in [0.29, 0.717) is 35.8 Å². The van der Waals surface area contributed by atoms with E-state index in [9.17, 15) is 19.4 Å². The molecule has 2 aliphatic rings. The number of anilines is 1. The van der Waals surface area contributed by atoms with Crippen LogP contribution in [0.1, 0.15) is 73.7 Å². The van der Waals surface area contributed by atoms with Gasteiger partial charge >= 0.3 is 5.97 Å². The van der Waals surface area contributed by atoms with Gasteiger partial charge in [0.1, 0.15) is 17.7 Å². The zero-order valence-electron chi connectivity index (χ0n) is 19.0. The first-order valence-corrected chi connectivity index (χ1v) is 11.8. The predicted octanol–water partition coefficient (Wildman–Crippen LogP) is 5.13. The van der Waals surface area contributed by atoms with Crippen LogP contribution in [0.15, 0.2) is 30.3 Å². The Labute approximate surface area is 192 Å². The van der Waals surface area contributed by atoms with E-state index >= 15 is 0 Å². The molecule has 4 atom stereocenters. The number of aliphatic hydroxyl groups excluding tert-OH is 1. The number of aryl methyl sites for hydroxylation is 2. The number of halogens is 1. The molecule has 3 aromatic rings. The number of rotatable bonds is 4. The van der Waals surface area contributed by atoms with Gasteiger partial charge in [0.2, 0.25) is 0 Å². The molecule has 0 radical (unpaired) electrons. The second-order valence-corrected chi connectivity index (χ2v) is 9.65. The molecule has 2 aromatic carbocycles. The Morgan fingerprint density at radius 2 is 2.06 bits per heavy atom. The Hall–Kier alpha value is -2.93. The Morgan fingerprint density at radius 3 is 2.82 bits per heavy atom. The lowest BCUT2D eigenvalue weighted by molar-refractivity contribution is -0.143. The van der Waals surface area contributed by atoms with Gasteiger partial charge in [-0.05, 0) is 75.3 Å². The van der Waals surface area contributed by atoms with Gasteiger partial charge in [-0.1, -0.05) is 18.6 Å². The molecule has 0 amide bonds. The fraction of sp³-hybridized carbons (Fsp3) is 0.462. The van der Waals surface area contributed by atoms with Crippen molar-refractivity contribution in [1.29, 1.82) is 0 Å². The number of carbonyl (C=O) groups is 1. The van der Waals surface area contributed by atoms with Crippen molar-refractivity contribution in [3.8, 4) is 0 Å². The molecule has 0 bridgehead atoms. The maximum Gasteiger partial charge on any atom is 0.306 e. The average Bonchev–Trinajstić information content (AvgIpc) is 3.20. The number of carboxylic acids is 1. The van der Waals surface area contributed by atoms with Crippen molar-refractivity contribution in [2.75, 3.05) is 5.32 Å². The van der Waals surface area contributed by atoms with Crippen molar-refractivity contribution < 1.29 is 19.4 Å². The van der Waals surface area contributed by atoms with E-state index in [1.54, 1.807) is 19.1 Å². The lowest BCUT2D eigenvalue weighted by Gasteiger charge is -2.30. The number of hydrogen-bond acceptors (Lipinski definition) is 4. The molecule has 1 saturated carbocycles. The summed E-state index contributed by atoms with van der Waals surface area (Å²) in [5.41, 5.74) is 4.89. The molecule has 2 heterocycles. The predicted molar refractivity (Wildman–Crippen MR) is 125 cm³/mol. The number of carboxylic acid groups (broad SMARTS) is 1. The zero-order chi connectivity index (χ0) is 23.3. The first-order valence-electron chi connectivity index (χ1n) is 11.8. The molecule has 7 heteroatoms. The number of fused-ring (bicyclic) bond motifs is 3. The largest absolute Gasteiger partial charge is 0.481 e. The highest BCUT2D eigenvalue weighted by atomic mass is 19.1. The van der Waals surface area contributed by atoms with Crippen molar-refractivity contribution >= 4 is 22.7 Å². The molecule has 0 saturated heterocycles. The minimum Gasteiger partial charge on any atom is -0.481 e. The fourth-order valence-corrected chi connectivity index (χ4v) is 5.45. The molecule has 6 nitrogen and oxygen atoms in total. The maximum absolute atomic E-state index is 14.3. The van der Waals surface area contributed by atoms with Gasteiger partial charge in [0.15, 0.2) is 0 Å². The summed E-state index contributed by atoms with van der Waals surface area (Å²) in [5, 5.41) is 24.5. The van der Waals surface area contributed by atoms with E-state index < -0.39 is 18.0 Å². The van der Waals surface area contributed by atoms with Crippen LogP contribution in [0.25, 0.3) is 11.0 Å². The van der Waals surface area contributed by atoms with Crippen LogP contribution in [-0.4, -0.2) is 31.8 Å². The van der Waals surface area contributed by atoms with Gasteiger partial charge in [-0.15, -0.1) is 0 Å². The van der Waals surface area contributed by atoms with Gasteiger partial charge in [0.05, 0.1) is 17.0 Å². The summed E-state index contributed by atoms with van der Waals surface area (Å²) in [6.07, 6.45) is 3.55. The molecular formula is C26H30FN3O3. The maximum atomic E-state index is 14.3. The van der Waals surface area contributed by atoms with E-state index in [1.807, 2.05) is 10.6 Å². The molecule has 5 rings (SSSR count). The number of hydrogen-bond donors (Lipinski definition) is 3. The number of imidazole rings is 1. The monoisotopic (exact) mass is 451 g/mol. The summed E-state index contributed by atoms with van der Waals surface area (Å²) in [6, 6.07) is 9.13. The third kappa shape index (κ3) is 3.88. The van der Waals surface area contributed by atoms with Gasteiger partial charge in [-0.2, -0.15) is 0 Å². The molecule has 1 fully saturated rings. The summed E-state index contributed by atoms with van der Waals surface area (Å²) in [4.78, 5) is 16.7. The van der Waals surface area contributed by atoms with Gasteiger partial charge < -0.3 is 20.1 Å². The first-order chi connectivity index (χ1) is 15.8. The minimum absolute atomic E-state index is 0.0849. The number of nitrogens with one attached hydrogen (secondary N) is 1. The molecule has 1 aliphatic carbocycles. The number of aromatic nitrogens is 2. The number of nitrogens with zero attached hydrogens (tertiary/aromatic N) is 2. The third-order valence-electron chi connectivity index (χ3n) is 7.34. The zero-order valence-corrected chi connectivity index (χ0v) is 19.0. The summed E-state index contributed by atoms with van der Waals surface area (Å²) < 4.78 is 16.3. The quantitative estimate of drug-likeness (QED) is 0.512. The highest BCUT2D eigenvalue weighted by Crippen LogP contribution is 2.40. The van der Waals surface area contributed by atoms with E-state index in [0.717, 1.165) is 48.0 Å². The molecule has 33 heavy (non-hydrogen) atoms. The van der Waals surface area contributed by atoms with Gasteiger partial charge in [0.25, 0.3) is 0 Å². The van der Waals surface area contributed by atoms with Crippen molar-refractivity contribution in [2.45, 2.75) is 70.6 Å². The van der Waals surface area contributed by atoms with Gasteiger partial charge in [-0.25, -0.2) is 9.37 Å². The fourth-order valence-electron chi connectivity index (χ4n) is 5.45. The van der Waals surface area contributed by atoms with Crippen LogP contribution in [0.3, 0.4) is 0 Å². The van der Waals surface area contributed by atoms with Crippen molar-refractivity contribution in [1.82, 2.24) is 9.55 Å². The van der Waals surface area contributed by atoms with E-state index in [1.165, 1.54) is 6.07 Å². The molecule has 1 aromatic heterocycles. The summed E-state index contributed by atoms with van der Waals surface area (Å²) in [5.74, 6) is -1.10. The Bertz CT molecular complexity index is 1220. The van der Waals surface area contributed by atoms with Gasteiger partial charge in [0, 0.05) is 23.3 Å². The number of aliphatic carboxylic acids is 1. The summed E-state index contributed by atoms with van der Waals surface area (Å²) in [7, 11) is 0. The van der Waals surface area contributed by atoms with Crippen molar-refractivity contribution in [3.05, 3.63) is 58.7 Å². The van der Waals surface area contributed by atoms with Crippen molar-refractivity contribution in [3.63, 3.8) is 0 Å². The van der Waals surface area contributed by atoms with Crippen LogP contribution in [0.4, 0.5) is 10.1 Å². The lowest BCUT2D eigenvalue weighted by atomic mass is 9.85. The molecule has 0 spiro atoms. The SMILES string of the molecule is Cc1ccc(C(O)c2nc3c4c(ccc3n2C2CCCC(C(=O)O)C2)N[C@@H](C)CC4)cc1F. The van der Waals surface area contributed by atoms with Crippen molar-refractivity contribution in [2.24, 2.45) is 5.92 Å². The van der Waals surface area contributed by atoms with Crippen LogP contribution in [0, 0.1) is 18.7 Å². The molecule has 3 N–H and O–H groups in total. The lowest BCUT2D eigenvalue weighted by Crippen LogP contribution is -2.26. The first kappa shape index (κ1) is 21.9. The Balaban J connectivity index is 1.67. The minimum atomic E-state index is -1.11. The highest BCUT2D eigenvalue weighted by Gasteiger charge is 2.33. The second kappa shape index (κ2) is 8.45. The third-order valence-corrected chi connectivity index (χ3v) is 7.34. The van der Waals surface area contributed by atoms with E-state index in [4.69, 9.17) is 4.98 Å². The Kier molecular flexibility index (Phi) is 5.60. The average molecular weight is 452 g/mol. The smallest absolute Gasteiger partial charge is 0.306 e. The number of benzene rings is 2. The normalized spacial score (nSPS) is 23.7. The second-order valence-electron chi connectivity index (χ2n) is 9.65. The number of aliphatic hydroxyl groups is 1. The van der Waals surface area contributed by atoms with Crippen LogP contribution in [0.5, 0.6) is 0 Å². The topological polar surface area (TPSA) is 87.4 Å². The summed E-state index contributed by atoms with van der Waals surface area (Å²) in [6.45, 7) is 3.84. The van der Waals surface area contributed by atoms with E-state index in [2.05, 4.69) is 18.3 Å². The van der Waals surface area contributed by atoms with E-state index in [-0.39, 0.29) is 11.9 Å². The summed E-state index contributed by atoms with van der Waals surface area (Å²) >= 11 is 0. The molecular weight excluding hydrogens is 421 g/mol.